The van der Waals surface area contributed by atoms with Crippen molar-refractivity contribution in [2.75, 3.05) is 12.3 Å². The average molecular weight is 508 g/mol. The molecule has 0 fully saturated rings. The highest BCUT2D eigenvalue weighted by Crippen LogP contribution is 2.26. The van der Waals surface area contributed by atoms with E-state index in [0.717, 1.165) is 15.7 Å². The van der Waals surface area contributed by atoms with Gasteiger partial charge in [0.25, 0.3) is 0 Å². The molecule has 0 saturated carbocycles. The number of aryl methyl sites for hydroxylation is 1. The smallest absolute Gasteiger partial charge is 0.216 e. The van der Waals surface area contributed by atoms with Gasteiger partial charge in [0.2, 0.25) is 5.91 Å². The molecule has 1 heterocycles. The van der Waals surface area contributed by atoms with Crippen LogP contribution in [0.4, 0.5) is 0 Å². The van der Waals surface area contributed by atoms with Crippen LogP contribution < -0.4 is 5.32 Å². The van der Waals surface area contributed by atoms with Gasteiger partial charge >= 0.3 is 0 Å². The van der Waals surface area contributed by atoms with Crippen molar-refractivity contribution in [1.82, 2.24) is 20.1 Å². The van der Waals surface area contributed by atoms with Gasteiger partial charge in [0.15, 0.2) is 10.9 Å². The molecule has 0 spiro atoms. The number of amides is 1. The van der Waals surface area contributed by atoms with Gasteiger partial charge in [0, 0.05) is 34.9 Å². The summed E-state index contributed by atoms with van der Waals surface area (Å²) in [5, 5.41) is 12.6. The predicted octanol–water partition coefficient (Wildman–Crippen LogP) is 4.65. The number of hydrogen-bond donors (Lipinski definition) is 1. The standard InChI is InChI=1S/C21H20BrClN4O2S/c1-13-3-8-17(11-18(13)23)27-20(9-10-24-14(2)28)25-26-21(27)30-12-19(29)15-4-6-16(22)7-5-15/h3-8,11H,9-10,12H2,1-2H3,(H,24,28). The number of carbonyl (C=O) groups is 2. The van der Waals surface area contributed by atoms with Gasteiger partial charge in [-0.3, -0.25) is 14.2 Å². The third-order valence-electron chi connectivity index (χ3n) is 4.34. The summed E-state index contributed by atoms with van der Waals surface area (Å²) in [6, 6.07) is 13.0. The number of rotatable bonds is 8. The monoisotopic (exact) mass is 506 g/mol. The molecule has 2 aromatic carbocycles. The quantitative estimate of drug-likeness (QED) is 0.355. The van der Waals surface area contributed by atoms with E-state index in [2.05, 4.69) is 31.4 Å². The molecule has 9 heteroatoms. The highest BCUT2D eigenvalue weighted by atomic mass is 79.9. The van der Waals surface area contributed by atoms with Gasteiger partial charge in [-0.15, -0.1) is 10.2 Å². The van der Waals surface area contributed by atoms with Crippen LogP contribution in [0.2, 0.25) is 5.02 Å². The Hall–Kier alpha value is -2.16. The molecule has 156 valence electrons. The van der Waals surface area contributed by atoms with Gasteiger partial charge in [-0.1, -0.05) is 57.5 Å². The van der Waals surface area contributed by atoms with E-state index in [0.29, 0.717) is 34.5 Å². The number of hydrogen-bond acceptors (Lipinski definition) is 5. The second-order valence-corrected chi connectivity index (χ2v) is 8.88. The van der Waals surface area contributed by atoms with Crippen molar-refractivity contribution in [2.24, 2.45) is 0 Å². The van der Waals surface area contributed by atoms with E-state index in [-0.39, 0.29) is 17.4 Å². The number of Topliss-reactive ketones (excluding diaryl/α,β-unsaturated/α-hetero) is 1. The van der Waals surface area contributed by atoms with Gasteiger partial charge in [-0.05, 0) is 36.8 Å². The fourth-order valence-corrected chi connectivity index (χ4v) is 4.04. The molecular weight excluding hydrogens is 488 g/mol. The number of nitrogens with zero attached hydrogens (tertiary/aromatic N) is 3. The number of aromatic nitrogens is 3. The Morgan fingerprint density at radius 1 is 1.17 bits per heavy atom. The Kier molecular flexibility index (Phi) is 7.69. The van der Waals surface area contributed by atoms with E-state index in [1.807, 2.05) is 41.8 Å². The fourth-order valence-electron chi connectivity index (χ4n) is 2.74. The summed E-state index contributed by atoms with van der Waals surface area (Å²) in [4.78, 5) is 23.8. The number of carbonyl (C=O) groups excluding carboxylic acids is 2. The normalized spacial score (nSPS) is 10.8. The van der Waals surface area contributed by atoms with Crippen molar-refractivity contribution in [3.8, 4) is 5.69 Å². The second-order valence-electron chi connectivity index (χ2n) is 6.62. The number of benzene rings is 2. The van der Waals surface area contributed by atoms with Gasteiger partial charge in [0.1, 0.15) is 5.82 Å². The lowest BCUT2D eigenvalue weighted by Gasteiger charge is -2.12. The zero-order valence-electron chi connectivity index (χ0n) is 16.5. The van der Waals surface area contributed by atoms with Gasteiger partial charge < -0.3 is 5.32 Å². The first-order chi connectivity index (χ1) is 14.3. The molecule has 1 aromatic heterocycles. The van der Waals surface area contributed by atoms with Gasteiger partial charge in [-0.2, -0.15) is 0 Å². The minimum Gasteiger partial charge on any atom is -0.356 e. The minimum atomic E-state index is -0.103. The zero-order valence-corrected chi connectivity index (χ0v) is 19.6. The summed E-state index contributed by atoms with van der Waals surface area (Å²) in [5.41, 5.74) is 2.42. The Balaban J connectivity index is 1.84. The molecular formula is C21H20BrClN4O2S. The number of nitrogens with one attached hydrogen (secondary N) is 1. The molecule has 6 nitrogen and oxygen atoms in total. The van der Waals surface area contributed by atoms with E-state index in [1.165, 1.54) is 18.7 Å². The lowest BCUT2D eigenvalue weighted by molar-refractivity contribution is -0.118. The van der Waals surface area contributed by atoms with Crippen LogP contribution in [0.5, 0.6) is 0 Å². The van der Waals surface area contributed by atoms with Crippen LogP contribution in [0.1, 0.15) is 28.7 Å². The Morgan fingerprint density at radius 2 is 1.90 bits per heavy atom. The number of thioether (sulfide) groups is 1. The van der Waals surface area contributed by atoms with Crippen molar-refractivity contribution in [2.45, 2.75) is 25.4 Å². The van der Waals surface area contributed by atoms with Crippen LogP contribution in [-0.4, -0.2) is 38.8 Å². The molecule has 0 aliphatic rings. The summed E-state index contributed by atoms with van der Waals surface area (Å²) < 4.78 is 2.80. The summed E-state index contributed by atoms with van der Waals surface area (Å²) in [5.74, 6) is 0.811. The van der Waals surface area contributed by atoms with Crippen LogP contribution in [-0.2, 0) is 11.2 Å². The van der Waals surface area contributed by atoms with Crippen molar-refractivity contribution < 1.29 is 9.59 Å². The Morgan fingerprint density at radius 3 is 2.57 bits per heavy atom. The van der Waals surface area contributed by atoms with Crippen molar-refractivity contribution in [3.05, 3.63) is 68.9 Å². The first kappa shape index (κ1) is 22.5. The lowest BCUT2D eigenvalue weighted by atomic mass is 10.2. The average Bonchev–Trinajstić information content (AvgIpc) is 3.11. The number of halogens is 2. The zero-order chi connectivity index (χ0) is 21.7. The maximum absolute atomic E-state index is 12.6. The molecule has 0 aliphatic heterocycles. The van der Waals surface area contributed by atoms with E-state index < -0.39 is 0 Å². The van der Waals surface area contributed by atoms with Crippen LogP contribution in [0.15, 0.2) is 52.1 Å². The van der Waals surface area contributed by atoms with E-state index in [1.54, 1.807) is 12.1 Å². The number of ketones is 1. The van der Waals surface area contributed by atoms with Crippen LogP contribution >= 0.6 is 39.3 Å². The summed E-state index contributed by atoms with van der Waals surface area (Å²) in [6.45, 7) is 3.84. The highest BCUT2D eigenvalue weighted by molar-refractivity contribution is 9.10. The van der Waals surface area contributed by atoms with Crippen molar-refractivity contribution in [3.63, 3.8) is 0 Å². The van der Waals surface area contributed by atoms with Gasteiger partial charge in [0.05, 0.1) is 11.4 Å². The molecule has 0 bridgehead atoms. The lowest BCUT2D eigenvalue weighted by Crippen LogP contribution is -2.23. The molecule has 3 rings (SSSR count). The molecule has 0 unspecified atom stereocenters. The summed E-state index contributed by atoms with van der Waals surface area (Å²) in [6.07, 6.45) is 0.499. The van der Waals surface area contributed by atoms with Crippen LogP contribution in [0.3, 0.4) is 0 Å². The van der Waals surface area contributed by atoms with E-state index in [4.69, 9.17) is 11.6 Å². The molecule has 30 heavy (non-hydrogen) atoms. The molecule has 0 atom stereocenters. The van der Waals surface area contributed by atoms with E-state index in [9.17, 15) is 9.59 Å². The first-order valence-corrected chi connectivity index (χ1v) is 11.4. The molecule has 0 saturated heterocycles. The van der Waals surface area contributed by atoms with E-state index >= 15 is 0 Å². The van der Waals surface area contributed by atoms with Crippen molar-refractivity contribution in [1.29, 1.82) is 0 Å². The van der Waals surface area contributed by atoms with Crippen LogP contribution in [0.25, 0.3) is 5.69 Å². The topological polar surface area (TPSA) is 76.9 Å². The molecule has 1 N–H and O–H groups in total. The fraction of sp³-hybridized carbons (Fsp3) is 0.238. The summed E-state index contributed by atoms with van der Waals surface area (Å²) in [7, 11) is 0. The predicted molar refractivity (Wildman–Crippen MR) is 123 cm³/mol. The molecule has 3 aromatic rings. The molecule has 0 aliphatic carbocycles. The Labute approximate surface area is 192 Å². The third kappa shape index (κ3) is 5.71. The largest absolute Gasteiger partial charge is 0.356 e. The van der Waals surface area contributed by atoms with Gasteiger partial charge in [-0.25, -0.2) is 0 Å². The Bertz CT molecular complexity index is 1070. The highest BCUT2D eigenvalue weighted by Gasteiger charge is 2.17. The molecule has 1 amide bonds. The SMILES string of the molecule is CC(=O)NCCc1nnc(SCC(=O)c2ccc(Br)cc2)n1-c1ccc(C)c(Cl)c1. The molecule has 0 radical (unpaired) electrons. The third-order valence-corrected chi connectivity index (χ3v) is 6.20. The maximum Gasteiger partial charge on any atom is 0.216 e. The maximum atomic E-state index is 12.6. The minimum absolute atomic E-state index is 0.00350. The van der Waals surface area contributed by atoms with Crippen molar-refractivity contribution >= 4 is 51.0 Å². The second kappa shape index (κ2) is 10.2. The first-order valence-electron chi connectivity index (χ1n) is 9.22. The summed E-state index contributed by atoms with van der Waals surface area (Å²) >= 11 is 11.0. The van der Waals surface area contributed by atoms with Crippen LogP contribution in [0, 0.1) is 6.92 Å².